The zero-order valence-corrected chi connectivity index (χ0v) is 8.83. The van der Waals surface area contributed by atoms with E-state index >= 15 is 0 Å². The average molecular weight is 197 g/mol. The van der Waals surface area contributed by atoms with Crippen molar-refractivity contribution < 1.29 is 9.90 Å². The second kappa shape index (κ2) is 3.54. The molecule has 0 bridgehead atoms. The van der Waals surface area contributed by atoms with Crippen LogP contribution in [0.4, 0.5) is 0 Å². The number of aliphatic carboxylic acids is 1. The molecule has 1 aliphatic carbocycles. The third-order valence-electron chi connectivity index (χ3n) is 3.89. The first-order valence-corrected chi connectivity index (χ1v) is 5.56. The highest BCUT2D eigenvalue weighted by Gasteiger charge is 2.42. The summed E-state index contributed by atoms with van der Waals surface area (Å²) in [6.45, 7) is 4.79. The molecular formula is C11H19NO2. The molecule has 2 rings (SSSR count). The Hall–Kier alpha value is -0.570. The van der Waals surface area contributed by atoms with E-state index in [4.69, 9.17) is 5.11 Å². The summed E-state index contributed by atoms with van der Waals surface area (Å²) in [5, 5.41) is 8.82. The van der Waals surface area contributed by atoms with Crippen molar-refractivity contribution in [2.75, 3.05) is 19.6 Å². The molecule has 0 amide bonds. The van der Waals surface area contributed by atoms with Gasteiger partial charge in [-0.2, -0.15) is 0 Å². The number of likely N-dealkylation sites (tertiary alicyclic amines) is 1. The topological polar surface area (TPSA) is 40.5 Å². The largest absolute Gasteiger partial charge is 0.481 e. The van der Waals surface area contributed by atoms with Gasteiger partial charge in [0, 0.05) is 13.1 Å². The second-order valence-corrected chi connectivity index (χ2v) is 5.08. The maximum Gasteiger partial charge on any atom is 0.307 e. The quantitative estimate of drug-likeness (QED) is 0.746. The third-order valence-corrected chi connectivity index (χ3v) is 3.89. The molecule has 80 valence electrons. The van der Waals surface area contributed by atoms with Crippen LogP contribution in [-0.2, 0) is 4.79 Å². The molecule has 0 aromatic rings. The zero-order valence-electron chi connectivity index (χ0n) is 8.83. The zero-order chi connectivity index (χ0) is 10.2. The Labute approximate surface area is 85.1 Å². The average Bonchev–Trinajstić information content (AvgIpc) is 2.47. The molecule has 0 aromatic carbocycles. The van der Waals surface area contributed by atoms with Crippen LogP contribution >= 0.6 is 0 Å². The molecule has 1 saturated carbocycles. The fourth-order valence-electron chi connectivity index (χ4n) is 2.73. The number of hydrogen-bond donors (Lipinski definition) is 1. The molecule has 1 atom stereocenters. The Morgan fingerprint density at radius 2 is 2.21 bits per heavy atom. The smallest absolute Gasteiger partial charge is 0.307 e. The molecule has 2 aliphatic rings. The first kappa shape index (κ1) is 9.97. The maximum atomic E-state index is 10.7. The van der Waals surface area contributed by atoms with Crippen molar-refractivity contribution in [2.24, 2.45) is 11.3 Å². The number of carbonyl (C=O) groups is 1. The minimum Gasteiger partial charge on any atom is -0.481 e. The Morgan fingerprint density at radius 3 is 2.64 bits per heavy atom. The summed E-state index contributed by atoms with van der Waals surface area (Å²) in [6.07, 6.45) is 5.40. The fraction of sp³-hybridized carbons (Fsp3) is 0.909. The fourth-order valence-corrected chi connectivity index (χ4v) is 2.73. The van der Waals surface area contributed by atoms with Gasteiger partial charge < -0.3 is 10.0 Å². The number of rotatable bonds is 3. The Kier molecular flexibility index (Phi) is 2.52. The van der Waals surface area contributed by atoms with Gasteiger partial charge >= 0.3 is 5.97 Å². The van der Waals surface area contributed by atoms with Crippen LogP contribution in [0.1, 0.15) is 32.6 Å². The van der Waals surface area contributed by atoms with Gasteiger partial charge in [-0.3, -0.25) is 4.79 Å². The van der Waals surface area contributed by atoms with Crippen LogP contribution in [0.3, 0.4) is 0 Å². The third kappa shape index (κ3) is 1.78. The summed E-state index contributed by atoms with van der Waals surface area (Å²) in [5.74, 6) is -0.884. The molecule has 14 heavy (non-hydrogen) atoms. The molecule has 1 saturated heterocycles. The van der Waals surface area contributed by atoms with Gasteiger partial charge in [-0.1, -0.05) is 13.3 Å². The number of carboxylic acid groups (broad SMARTS) is 1. The van der Waals surface area contributed by atoms with Gasteiger partial charge in [0.05, 0.1) is 5.92 Å². The lowest BCUT2D eigenvalue weighted by Crippen LogP contribution is -2.35. The van der Waals surface area contributed by atoms with Gasteiger partial charge in [-0.15, -0.1) is 0 Å². The van der Waals surface area contributed by atoms with Crippen LogP contribution in [-0.4, -0.2) is 35.6 Å². The van der Waals surface area contributed by atoms with Gasteiger partial charge in [0.15, 0.2) is 0 Å². The lowest BCUT2D eigenvalue weighted by Gasteiger charge is -2.38. The molecular weight excluding hydrogens is 178 g/mol. The van der Waals surface area contributed by atoms with Gasteiger partial charge in [-0.05, 0) is 31.2 Å². The Balaban J connectivity index is 1.81. The predicted octanol–water partition coefficient (Wildman–Crippen LogP) is 1.58. The molecule has 2 fully saturated rings. The molecule has 1 spiro atoms. The summed E-state index contributed by atoms with van der Waals surface area (Å²) in [7, 11) is 0. The first-order chi connectivity index (χ1) is 6.61. The van der Waals surface area contributed by atoms with E-state index in [1.165, 1.54) is 25.7 Å². The van der Waals surface area contributed by atoms with Gasteiger partial charge in [0.25, 0.3) is 0 Å². The monoisotopic (exact) mass is 197 g/mol. The van der Waals surface area contributed by atoms with Crippen molar-refractivity contribution in [3.63, 3.8) is 0 Å². The predicted molar refractivity (Wildman–Crippen MR) is 54.1 cm³/mol. The van der Waals surface area contributed by atoms with Crippen LogP contribution in [0.5, 0.6) is 0 Å². The van der Waals surface area contributed by atoms with Crippen LogP contribution in [0, 0.1) is 11.3 Å². The van der Waals surface area contributed by atoms with E-state index in [1.54, 1.807) is 6.92 Å². The molecule has 1 heterocycles. The van der Waals surface area contributed by atoms with E-state index in [0.717, 1.165) is 19.6 Å². The van der Waals surface area contributed by atoms with Crippen LogP contribution in [0.15, 0.2) is 0 Å². The van der Waals surface area contributed by atoms with Crippen molar-refractivity contribution in [2.45, 2.75) is 32.6 Å². The standard InChI is InChI=1S/C11H19NO2/c1-9(10(13)14)7-12-6-5-11(8-12)3-2-4-11/h9H,2-8H2,1H3,(H,13,14). The number of hydrogen-bond acceptors (Lipinski definition) is 2. The number of carboxylic acids is 1. The van der Waals surface area contributed by atoms with Crippen molar-refractivity contribution in [3.8, 4) is 0 Å². The lowest BCUT2D eigenvalue weighted by atomic mass is 9.68. The lowest BCUT2D eigenvalue weighted by molar-refractivity contribution is -0.141. The van der Waals surface area contributed by atoms with Crippen molar-refractivity contribution in [1.82, 2.24) is 4.90 Å². The summed E-state index contributed by atoms with van der Waals surface area (Å²) in [5.41, 5.74) is 0.595. The summed E-state index contributed by atoms with van der Waals surface area (Å²) in [4.78, 5) is 13.0. The van der Waals surface area contributed by atoms with Gasteiger partial charge in [-0.25, -0.2) is 0 Å². The Bertz CT molecular complexity index is 235. The highest BCUT2D eigenvalue weighted by atomic mass is 16.4. The van der Waals surface area contributed by atoms with E-state index in [9.17, 15) is 4.79 Å². The summed E-state index contributed by atoms with van der Waals surface area (Å²) in [6, 6.07) is 0. The molecule has 1 aliphatic heterocycles. The van der Waals surface area contributed by atoms with Crippen molar-refractivity contribution in [3.05, 3.63) is 0 Å². The summed E-state index contributed by atoms with van der Waals surface area (Å²) >= 11 is 0. The second-order valence-electron chi connectivity index (χ2n) is 5.08. The van der Waals surface area contributed by atoms with Gasteiger partial charge in [0.1, 0.15) is 0 Å². The first-order valence-electron chi connectivity index (χ1n) is 5.56. The summed E-state index contributed by atoms with van der Waals surface area (Å²) < 4.78 is 0. The molecule has 1 unspecified atom stereocenters. The van der Waals surface area contributed by atoms with Gasteiger partial charge in [0.2, 0.25) is 0 Å². The highest BCUT2D eigenvalue weighted by Crippen LogP contribution is 2.47. The normalized spacial score (nSPS) is 27.5. The molecule has 3 heteroatoms. The molecule has 0 radical (unpaired) electrons. The molecule has 1 N–H and O–H groups in total. The molecule has 3 nitrogen and oxygen atoms in total. The van der Waals surface area contributed by atoms with Crippen LogP contribution < -0.4 is 0 Å². The van der Waals surface area contributed by atoms with Crippen LogP contribution in [0.2, 0.25) is 0 Å². The van der Waals surface area contributed by atoms with E-state index in [2.05, 4.69) is 4.90 Å². The molecule has 0 aromatic heterocycles. The Morgan fingerprint density at radius 1 is 1.50 bits per heavy atom. The van der Waals surface area contributed by atoms with E-state index in [0.29, 0.717) is 5.41 Å². The van der Waals surface area contributed by atoms with Crippen molar-refractivity contribution >= 4 is 5.97 Å². The van der Waals surface area contributed by atoms with E-state index < -0.39 is 5.97 Å². The highest BCUT2D eigenvalue weighted by molar-refractivity contribution is 5.69. The van der Waals surface area contributed by atoms with E-state index in [-0.39, 0.29) is 5.92 Å². The van der Waals surface area contributed by atoms with Crippen molar-refractivity contribution in [1.29, 1.82) is 0 Å². The minimum absolute atomic E-state index is 0.217. The van der Waals surface area contributed by atoms with Crippen LogP contribution in [0.25, 0.3) is 0 Å². The maximum absolute atomic E-state index is 10.7. The van der Waals surface area contributed by atoms with E-state index in [1.807, 2.05) is 0 Å². The SMILES string of the molecule is CC(CN1CCC2(CCC2)C1)C(=O)O. The number of nitrogens with zero attached hydrogens (tertiary/aromatic N) is 1. The minimum atomic E-state index is -0.667.